The molecular formula is C13H26N2O3S. The molecule has 1 aromatic heterocycles. The number of unbranched alkanes of at least 4 members (excludes halogenated alkanes) is 4. The average molecular weight is 290 g/mol. The van der Waals surface area contributed by atoms with E-state index in [1.807, 2.05) is 17.8 Å². The molecule has 0 spiro atoms. The van der Waals surface area contributed by atoms with Gasteiger partial charge in [-0.05, 0) is 13.3 Å². The first-order valence-corrected chi connectivity index (χ1v) is 8.41. The molecule has 0 atom stereocenters. The Hall–Kier alpha value is -0.880. The van der Waals surface area contributed by atoms with Gasteiger partial charge in [0, 0.05) is 5.75 Å². The molecular weight excluding hydrogens is 264 g/mol. The maximum atomic E-state index is 10.1. The second-order valence-electron chi connectivity index (χ2n) is 4.59. The van der Waals surface area contributed by atoms with E-state index in [1.165, 1.54) is 0 Å². The molecule has 0 radical (unpaired) electrons. The van der Waals surface area contributed by atoms with Crippen molar-refractivity contribution in [3.8, 4) is 0 Å². The lowest BCUT2D eigenvalue weighted by atomic mass is 10.2. The number of imidazole rings is 1. The fourth-order valence-electron chi connectivity index (χ4n) is 1.57. The molecule has 0 bridgehead atoms. The first kappa shape index (κ1) is 18.1. The van der Waals surface area contributed by atoms with E-state index in [0.29, 0.717) is 6.42 Å². The minimum Gasteiger partial charge on any atom is -0.748 e. The Balaban J connectivity index is 0.000000356. The van der Waals surface area contributed by atoms with Crippen LogP contribution >= 0.6 is 0 Å². The zero-order chi connectivity index (χ0) is 14.7. The zero-order valence-electron chi connectivity index (χ0n) is 12.2. The topological polar surface area (TPSA) is 66.0 Å². The SMILES string of the molecule is CCCCCCCS(=O)(=O)[O-].CCn1cc[n+](C)c1. The van der Waals surface area contributed by atoms with E-state index < -0.39 is 10.1 Å². The van der Waals surface area contributed by atoms with Crippen LogP contribution in [0.15, 0.2) is 18.7 Å². The van der Waals surface area contributed by atoms with Gasteiger partial charge in [-0.2, -0.15) is 0 Å². The Morgan fingerprint density at radius 3 is 2.16 bits per heavy atom. The van der Waals surface area contributed by atoms with Gasteiger partial charge in [0.05, 0.1) is 23.7 Å². The highest BCUT2D eigenvalue weighted by atomic mass is 32.2. The predicted molar refractivity (Wildman–Crippen MR) is 74.6 cm³/mol. The molecule has 0 amide bonds. The number of nitrogens with zero attached hydrogens (tertiary/aromatic N) is 2. The maximum Gasteiger partial charge on any atom is 0.243 e. The molecule has 6 heteroatoms. The van der Waals surface area contributed by atoms with Crippen molar-refractivity contribution in [2.24, 2.45) is 7.05 Å². The maximum absolute atomic E-state index is 10.1. The predicted octanol–water partition coefficient (Wildman–Crippen LogP) is 1.83. The van der Waals surface area contributed by atoms with Crippen LogP contribution in [0.4, 0.5) is 0 Å². The smallest absolute Gasteiger partial charge is 0.243 e. The van der Waals surface area contributed by atoms with Gasteiger partial charge in [0.15, 0.2) is 0 Å². The van der Waals surface area contributed by atoms with Gasteiger partial charge in [-0.15, -0.1) is 0 Å². The van der Waals surface area contributed by atoms with Crippen molar-refractivity contribution in [2.45, 2.75) is 52.5 Å². The van der Waals surface area contributed by atoms with E-state index in [0.717, 1.165) is 32.2 Å². The van der Waals surface area contributed by atoms with Crippen molar-refractivity contribution in [3.05, 3.63) is 18.7 Å². The largest absolute Gasteiger partial charge is 0.748 e. The van der Waals surface area contributed by atoms with Crippen LogP contribution in [0.1, 0.15) is 46.0 Å². The second kappa shape index (κ2) is 9.97. The summed E-state index contributed by atoms with van der Waals surface area (Å²) in [6.45, 7) is 5.27. The number of hydrogen-bond acceptors (Lipinski definition) is 3. The van der Waals surface area contributed by atoms with Gasteiger partial charge in [-0.3, -0.25) is 0 Å². The van der Waals surface area contributed by atoms with Crippen LogP contribution in [-0.2, 0) is 23.7 Å². The molecule has 0 aliphatic rings. The van der Waals surface area contributed by atoms with Crippen LogP contribution in [0.3, 0.4) is 0 Å². The molecule has 0 aliphatic carbocycles. The molecule has 0 aromatic carbocycles. The Bertz CT molecular complexity index is 427. The summed E-state index contributed by atoms with van der Waals surface area (Å²) >= 11 is 0. The molecule has 0 aliphatic heterocycles. The highest BCUT2D eigenvalue weighted by Crippen LogP contribution is 2.03. The Morgan fingerprint density at radius 1 is 1.16 bits per heavy atom. The lowest BCUT2D eigenvalue weighted by Gasteiger charge is -2.05. The third-order valence-corrected chi connectivity index (χ3v) is 3.48. The normalized spacial score (nSPS) is 10.9. The van der Waals surface area contributed by atoms with Crippen molar-refractivity contribution in [3.63, 3.8) is 0 Å². The minimum atomic E-state index is -3.96. The van der Waals surface area contributed by atoms with Crippen LogP contribution < -0.4 is 4.57 Å². The summed E-state index contributed by atoms with van der Waals surface area (Å²) in [4.78, 5) is 0. The van der Waals surface area contributed by atoms with Crippen LogP contribution in [0.2, 0.25) is 0 Å². The summed E-state index contributed by atoms with van der Waals surface area (Å²) in [5.74, 6) is -0.198. The molecule has 19 heavy (non-hydrogen) atoms. The molecule has 1 heterocycles. The summed E-state index contributed by atoms with van der Waals surface area (Å²) in [6.07, 6.45) is 10.8. The van der Waals surface area contributed by atoms with E-state index in [4.69, 9.17) is 0 Å². The molecule has 1 rings (SSSR count). The molecule has 1 aromatic rings. The van der Waals surface area contributed by atoms with Gasteiger partial charge in [0.2, 0.25) is 6.33 Å². The van der Waals surface area contributed by atoms with Crippen molar-refractivity contribution in [1.82, 2.24) is 4.57 Å². The minimum absolute atomic E-state index is 0.198. The summed E-state index contributed by atoms with van der Waals surface area (Å²) in [5.41, 5.74) is 0. The third-order valence-electron chi connectivity index (χ3n) is 2.69. The standard InChI is InChI=1S/C7H16O3S.C6H11N2/c1-2-3-4-5-6-7-11(8,9)10;1-3-8-5-4-7(2)6-8/h2-7H2,1H3,(H,8,9,10);4-6H,3H2,1-2H3/q;+1/p-1. The first-order valence-electron chi connectivity index (χ1n) is 6.83. The van der Waals surface area contributed by atoms with Gasteiger partial charge >= 0.3 is 0 Å². The molecule has 112 valence electrons. The summed E-state index contributed by atoms with van der Waals surface area (Å²) in [6, 6.07) is 0. The molecule has 5 nitrogen and oxygen atoms in total. The first-order chi connectivity index (χ1) is 8.89. The number of rotatable bonds is 7. The summed E-state index contributed by atoms with van der Waals surface area (Å²) in [5, 5.41) is 0. The summed E-state index contributed by atoms with van der Waals surface area (Å²) in [7, 11) is -1.94. The van der Waals surface area contributed by atoms with Crippen molar-refractivity contribution < 1.29 is 17.5 Å². The number of aryl methyl sites for hydroxylation is 2. The van der Waals surface area contributed by atoms with E-state index in [2.05, 4.69) is 30.9 Å². The van der Waals surface area contributed by atoms with Crippen molar-refractivity contribution >= 4 is 10.1 Å². The number of aromatic nitrogens is 2. The monoisotopic (exact) mass is 290 g/mol. The third kappa shape index (κ3) is 11.9. The van der Waals surface area contributed by atoms with Gasteiger partial charge in [-0.1, -0.05) is 32.6 Å². The molecule has 0 N–H and O–H groups in total. The zero-order valence-corrected chi connectivity index (χ0v) is 13.0. The van der Waals surface area contributed by atoms with E-state index in [-0.39, 0.29) is 5.75 Å². The Kier molecular flexibility index (Phi) is 9.51. The lowest BCUT2D eigenvalue weighted by Crippen LogP contribution is -2.23. The quantitative estimate of drug-likeness (QED) is 0.437. The van der Waals surface area contributed by atoms with Crippen LogP contribution in [0.25, 0.3) is 0 Å². The van der Waals surface area contributed by atoms with Gasteiger partial charge in [0.1, 0.15) is 12.4 Å². The fourth-order valence-corrected chi connectivity index (χ4v) is 2.13. The number of hydrogen-bond donors (Lipinski definition) is 0. The summed E-state index contributed by atoms with van der Waals surface area (Å²) < 4.78 is 34.5. The Labute approximate surface area is 117 Å². The van der Waals surface area contributed by atoms with Gasteiger partial charge < -0.3 is 4.55 Å². The van der Waals surface area contributed by atoms with Crippen LogP contribution in [-0.4, -0.2) is 23.3 Å². The molecule has 0 saturated heterocycles. The molecule has 0 fully saturated rings. The fraction of sp³-hybridized carbons (Fsp3) is 0.769. The van der Waals surface area contributed by atoms with Crippen LogP contribution in [0, 0.1) is 0 Å². The van der Waals surface area contributed by atoms with Gasteiger partial charge in [0.25, 0.3) is 0 Å². The Morgan fingerprint density at radius 2 is 1.79 bits per heavy atom. The highest BCUT2D eigenvalue weighted by Gasteiger charge is 1.94. The van der Waals surface area contributed by atoms with E-state index >= 15 is 0 Å². The lowest BCUT2D eigenvalue weighted by molar-refractivity contribution is -0.671. The second-order valence-corrected chi connectivity index (χ2v) is 6.11. The highest BCUT2D eigenvalue weighted by molar-refractivity contribution is 7.85. The van der Waals surface area contributed by atoms with Crippen molar-refractivity contribution in [2.75, 3.05) is 5.75 Å². The van der Waals surface area contributed by atoms with Crippen LogP contribution in [0.5, 0.6) is 0 Å². The van der Waals surface area contributed by atoms with Crippen molar-refractivity contribution in [1.29, 1.82) is 0 Å². The van der Waals surface area contributed by atoms with E-state index in [9.17, 15) is 13.0 Å². The molecule has 0 unspecified atom stereocenters. The van der Waals surface area contributed by atoms with Gasteiger partial charge in [-0.25, -0.2) is 17.6 Å². The average Bonchev–Trinajstić information content (AvgIpc) is 2.74. The molecule has 0 saturated carbocycles. The van der Waals surface area contributed by atoms with E-state index in [1.54, 1.807) is 0 Å².